The third-order valence-corrected chi connectivity index (χ3v) is 5.89. The Hall–Kier alpha value is -3.09. The topological polar surface area (TPSA) is 87.7 Å². The maximum absolute atomic E-state index is 13.0. The van der Waals surface area contributed by atoms with Gasteiger partial charge in [-0.15, -0.1) is 0 Å². The van der Waals surface area contributed by atoms with Crippen molar-refractivity contribution in [1.82, 2.24) is 15.5 Å². The molecule has 0 aromatic heterocycles. The molecule has 2 aromatic rings. The number of methoxy groups -OCH3 is 1. The lowest BCUT2D eigenvalue weighted by atomic mass is 9.87. The zero-order valence-corrected chi connectivity index (χ0v) is 16.0. The summed E-state index contributed by atoms with van der Waals surface area (Å²) < 4.78 is 5.26. The van der Waals surface area contributed by atoms with Crippen LogP contribution in [0.4, 0.5) is 4.79 Å². The smallest absolute Gasteiger partial charge is 0.322 e. The van der Waals surface area contributed by atoms with E-state index in [-0.39, 0.29) is 17.7 Å². The Labute approximate surface area is 163 Å². The summed E-state index contributed by atoms with van der Waals surface area (Å²) in [5.74, 6) is 0.261. The lowest BCUT2D eigenvalue weighted by Crippen LogP contribution is -2.56. The Morgan fingerprint density at radius 3 is 2.43 bits per heavy atom. The molecular weight excluding hydrogens is 358 g/mol. The molecule has 2 aliphatic rings. The van der Waals surface area contributed by atoms with Gasteiger partial charge in [-0.25, -0.2) is 4.79 Å². The number of hydrogen-bond acceptors (Lipinski definition) is 4. The van der Waals surface area contributed by atoms with Crippen LogP contribution in [0.5, 0.6) is 5.75 Å². The fourth-order valence-corrected chi connectivity index (χ4v) is 4.04. The summed E-state index contributed by atoms with van der Waals surface area (Å²) in [5.41, 5.74) is 0.0916. The highest BCUT2D eigenvalue weighted by Gasteiger charge is 2.48. The minimum absolute atomic E-state index is 0.0347. The number of fused-ring (bicyclic) bond motifs is 1. The van der Waals surface area contributed by atoms with Crippen LogP contribution < -0.4 is 15.4 Å². The van der Waals surface area contributed by atoms with Crippen molar-refractivity contribution in [2.75, 3.05) is 20.2 Å². The van der Waals surface area contributed by atoms with Crippen LogP contribution in [0.2, 0.25) is 0 Å². The molecule has 28 heavy (non-hydrogen) atoms. The SMILES string of the molecule is COc1ccc2cc([C@H](C)C(=O)N3CCC4(CC3)NC(=O)NC4=O)ccc2c1. The number of imide groups is 1. The van der Waals surface area contributed by atoms with E-state index in [1.165, 1.54) is 0 Å². The van der Waals surface area contributed by atoms with Crippen LogP contribution in [-0.4, -0.2) is 48.5 Å². The monoisotopic (exact) mass is 381 g/mol. The fourth-order valence-electron chi connectivity index (χ4n) is 4.04. The fraction of sp³-hybridized carbons (Fsp3) is 0.381. The summed E-state index contributed by atoms with van der Waals surface area (Å²) in [5, 5.41) is 7.13. The number of rotatable bonds is 3. The summed E-state index contributed by atoms with van der Waals surface area (Å²) in [4.78, 5) is 38.3. The van der Waals surface area contributed by atoms with Gasteiger partial charge < -0.3 is 15.0 Å². The van der Waals surface area contributed by atoms with Gasteiger partial charge in [0.2, 0.25) is 5.91 Å². The van der Waals surface area contributed by atoms with Gasteiger partial charge in [0.05, 0.1) is 13.0 Å². The van der Waals surface area contributed by atoms with E-state index in [0.29, 0.717) is 25.9 Å². The number of carbonyl (C=O) groups excluding carboxylic acids is 3. The first-order valence-electron chi connectivity index (χ1n) is 9.42. The minimum Gasteiger partial charge on any atom is -0.497 e. The predicted molar refractivity (Wildman–Crippen MR) is 104 cm³/mol. The predicted octanol–water partition coefficient (Wildman–Crippen LogP) is 2.15. The average molecular weight is 381 g/mol. The van der Waals surface area contributed by atoms with Gasteiger partial charge in [0.25, 0.3) is 5.91 Å². The molecule has 7 nitrogen and oxygen atoms in total. The highest BCUT2D eigenvalue weighted by molar-refractivity contribution is 6.07. The normalized spacial score (nSPS) is 19.4. The molecule has 0 unspecified atom stereocenters. The largest absolute Gasteiger partial charge is 0.497 e. The zero-order chi connectivity index (χ0) is 19.9. The number of benzene rings is 2. The molecule has 4 rings (SSSR count). The van der Waals surface area contributed by atoms with Crippen LogP contribution in [0.1, 0.15) is 31.2 Å². The van der Waals surface area contributed by atoms with Crippen LogP contribution in [0, 0.1) is 0 Å². The van der Waals surface area contributed by atoms with Gasteiger partial charge in [-0.3, -0.25) is 14.9 Å². The van der Waals surface area contributed by atoms with Crippen molar-refractivity contribution in [3.63, 3.8) is 0 Å². The first-order valence-corrected chi connectivity index (χ1v) is 9.42. The Kier molecular flexibility index (Phi) is 4.45. The molecule has 0 saturated carbocycles. The van der Waals surface area contributed by atoms with Gasteiger partial charge in [-0.1, -0.05) is 24.3 Å². The molecule has 1 atom stereocenters. The van der Waals surface area contributed by atoms with Crippen molar-refractivity contribution in [3.05, 3.63) is 42.0 Å². The summed E-state index contributed by atoms with van der Waals surface area (Å²) in [6.07, 6.45) is 0.862. The molecule has 0 radical (unpaired) electrons. The van der Waals surface area contributed by atoms with E-state index in [1.807, 2.05) is 43.3 Å². The van der Waals surface area contributed by atoms with Crippen molar-refractivity contribution in [3.8, 4) is 5.75 Å². The van der Waals surface area contributed by atoms with Crippen molar-refractivity contribution < 1.29 is 19.1 Å². The second-order valence-corrected chi connectivity index (χ2v) is 7.51. The van der Waals surface area contributed by atoms with Gasteiger partial charge in [-0.05, 0) is 48.2 Å². The number of nitrogens with one attached hydrogen (secondary N) is 2. The van der Waals surface area contributed by atoms with Crippen molar-refractivity contribution >= 4 is 28.6 Å². The highest BCUT2D eigenvalue weighted by atomic mass is 16.5. The van der Waals surface area contributed by atoms with Crippen LogP contribution in [0.3, 0.4) is 0 Å². The minimum atomic E-state index is -0.862. The van der Waals surface area contributed by atoms with Gasteiger partial charge in [0, 0.05) is 13.1 Å². The van der Waals surface area contributed by atoms with Crippen LogP contribution in [-0.2, 0) is 9.59 Å². The van der Waals surface area contributed by atoms with E-state index in [2.05, 4.69) is 10.6 Å². The number of nitrogens with zero attached hydrogens (tertiary/aromatic N) is 1. The summed E-state index contributed by atoms with van der Waals surface area (Å²) in [7, 11) is 1.64. The summed E-state index contributed by atoms with van der Waals surface area (Å²) in [6.45, 7) is 2.80. The Morgan fingerprint density at radius 2 is 1.79 bits per heavy atom. The van der Waals surface area contributed by atoms with Crippen LogP contribution >= 0.6 is 0 Å². The van der Waals surface area contributed by atoms with Crippen LogP contribution in [0.15, 0.2) is 36.4 Å². The Bertz CT molecular complexity index is 963. The van der Waals surface area contributed by atoms with Gasteiger partial charge in [0.1, 0.15) is 11.3 Å². The molecule has 2 fully saturated rings. The van der Waals surface area contributed by atoms with E-state index < -0.39 is 11.6 Å². The third-order valence-electron chi connectivity index (χ3n) is 5.89. The van der Waals surface area contributed by atoms with Crippen molar-refractivity contribution in [2.45, 2.75) is 31.2 Å². The third kappa shape index (κ3) is 3.06. The van der Waals surface area contributed by atoms with Crippen molar-refractivity contribution in [2.24, 2.45) is 0 Å². The quantitative estimate of drug-likeness (QED) is 0.798. The molecular formula is C21H23N3O4. The van der Waals surface area contributed by atoms with E-state index in [1.54, 1.807) is 12.0 Å². The average Bonchev–Trinajstić information content (AvgIpc) is 2.99. The first kappa shape index (κ1) is 18.3. The molecule has 2 N–H and O–H groups in total. The second kappa shape index (κ2) is 6.82. The molecule has 0 aliphatic carbocycles. The molecule has 2 heterocycles. The number of ether oxygens (including phenoxy) is 1. The lowest BCUT2D eigenvalue weighted by molar-refractivity contribution is -0.136. The number of hydrogen-bond donors (Lipinski definition) is 2. The highest BCUT2D eigenvalue weighted by Crippen LogP contribution is 2.29. The maximum atomic E-state index is 13.0. The molecule has 2 aliphatic heterocycles. The summed E-state index contributed by atoms with van der Waals surface area (Å²) in [6, 6.07) is 11.4. The molecule has 2 saturated heterocycles. The lowest BCUT2D eigenvalue weighted by Gasteiger charge is -2.38. The number of likely N-dealkylation sites (tertiary alicyclic amines) is 1. The van der Waals surface area contributed by atoms with Crippen molar-refractivity contribution in [1.29, 1.82) is 0 Å². The van der Waals surface area contributed by atoms with E-state index in [0.717, 1.165) is 22.1 Å². The standard InChI is InChI=1S/C21H23N3O4/c1-13(14-3-4-16-12-17(28-2)6-5-15(16)11-14)18(25)24-9-7-21(8-10-24)19(26)22-20(27)23-21/h3-6,11-13H,7-10H2,1-2H3,(H2,22,23,26,27)/t13-/m0/s1. The van der Waals surface area contributed by atoms with E-state index in [4.69, 9.17) is 4.74 Å². The second-order valence-electron chi connectivity index (χ2n) is 7.51. The summed E-state index contributed by atoms with van der Waals surface area (Å²) >= 11 is 0. The molecule has 0 bridgehead atoms. The molecule has 4 amide bonds. The number of amides is 4. The molecule has 146 valence electrons. The van der Waals surface area contributed by atoms with Gasteiger partial charge in [0.15, 0.2) is 0 Å². The molecule has 1 spiro atoms. The number of carbonyl (C=O) groups is 3. The number of piperidine rings is 1. The zero-order valence-electron chi connectivity index (χ0n) is 16.0. The maximum Gasteiger partial charge on any atom is 0.322 e. The number of urea groups is 1. The van der Waals surface area contributed by atoms with Gasteiger partial charge >= 0.3 is 6.03 Å². The molecule has 2 aromatic carbocycles. The van der Waals surface area contributed by atoms with E-state index in [9.17, 15) is 14.4 Å². The Morgan fingerprint density at radius 1 is 1.11 bits per heavy atom. The molecule has 7 heteroatoms. The Balaban J connectivity index is 1.47. The first-order chi connectivity index (χ1) is 13.4. The van der Waals surface area contributed by atoms with Gasteiger partial charge in [-0.2, -0.15) is 0 Å². The van der Waals surface area contributed by atoms with E-state index >= 15 is 0 Å². The van der Waals surface area contributed by atoms with Crippen LogP contribution in [0.25, 0.3) is 10.8 Å².